The van der Waals surface area contributed by atoms with Crippen LogP contribution in [-0.4, -0.2) is 13.7 Å². The van der Waals surface area contributed by atoms with Crippen LogP contribution in [0.1, 0.15) is 11.1 Å². The Hall–Kier alpha value is -7.08. The summed E-state index contributed by atoms with van der Waals surface area (Å²) in [6, 6.07) is 56.9. The Labute approximate surface area is 280 Å². The first-order valence-corrected chi connectivity index (χ1v) is 16.3. The Morgan fingerprint density at radius 1 is 0.367 bits per heavy atom. The zero-order valence-corrected chi connectivity index (χ0v) is 26.2. The molecule has 226 valence electrons. The van der Waals surface area contributed by atoms with Crippen molar-refractivity contribution in [3.05, 3.63) is 163 Å². The van der Waals surface area contributed by atoms with Crippen molar-refractivity contribution >= 4 is 65.4 Å². The number of hydrogen-bond donors (Lipinski definition) is 0. The van der Waals surface area contributed by atoms with E-state index in [1.807, 2.05) is 48.5 Å². The molecule has 0 aliphatic rings. The molecule has 0 aliphatic carbocycles. The summed E-state index contributed by atoms with van der Waals surface area (Å²) in [5.41, 5.74) is 10.2. The highest BCUT2D eigenvalue weighted by atomic mass is 15.0. The topological polar surface area (TPSA) is 62.4 Å². The van der Waals surface area contributed by atoms with Gasteiger partial charge in [-0.3, -0.25) is 0 Å². The molecule has 49 heavy (non-hydrogen) atoms. The highest BCUT2D eigenvalue weighted by Crippen LogP contribution is 2.47. The van der Waals surface area contributed by atoms with Crippen LogP contribution < -0.4 is 0 Å². The third-order valence-electron chi connectivity index (χ3n) is 9.88. The highest BCUT2D eigenvalue weighted by molar-refractivity contribution is 6.32. The summed E-state index contributed by atoms with van der Waals surface area (Å²) in [5.74, 6) is 0. The van der Waals surface area contributed by atoms with Crippen LogP contribution in [0.25, 0.3) is 82.5 Å². The van der Waals surface area contributed by atoms with Crippen molar-refractivity contribution in [2.75, 3.05) is 0 Å². The van der Waals surface area contributed by atoms with Crippen LogP contribution in [0.5, 0.6) is 0 Å². The maximum Gasteiger partial charge on any atom is 0.101 e. The lowest BCUT2D eigenvalue weighted by molar-refractivity contribution is 1.16. The molecule has 0 bridgehead atoms. The second-order valence-electron chi connectivity index (χ2n) is 12.4. The van der Waals surface area contributed by atoms with E-state index >= 15 is 0 Å². The summed E-state index contributed by atoms with van der Waals surface area (Å²) in [6.45, 7) is 0. The molecule has 3 heterocycles. The fraction of sp³-hybridized carbons (Fsp3) is 0. The molecule has 0 aliphatic heterocycles. The van der Waals surface area contributed by atoms with Gasteiger partial charge >= 0.3 is 0 Å². The second kappa shape index (κ2) is 10.2. The minimum absolute atomic E-state index is 0.572. The molecule has 5 heteroatoms. The van der Waals surface area contributed by atoms with E-state index in [4.69, 9.17) is 0 Å². The molecule has 5 nitrogen and oxygen atoms in total. The van der Waals surface area contributed by atoms with E-state index < -0.39 is 0 Å². The highest BCUT2D eigenvalue weighted by Gasteiger charge is 2.26. The van der Waals surface area contributed by atoms with Crippen molar-refractivity contribution in [2.45, 2.75) is 0 Å². The Bertz CT molecular complexity index is 3050. The van der Waals surface area contributed by atoms with Gasteiger partial charge in [-0.15, -0.1) is 0 Å². The fourth-order valence-electron chi connectivity index (χ4n) is 7.99. The Morgan fingerprint density at radius 3 is 1.59 bits per heavy atom. The molecule has 0 radical (unpaired) electrons. The van der Waals surface area contributed by atoms with E-state index in [1.165, 1.54) is 0 Å². The van der Waals surface area contributed by atoms with Gasteiger partial charge in [0.25, 0.3) is 0 Å². The number of fused-ring (bicyclic) bond motifs is 11. The number of rotatable bonds is 3. The van der Waals surface area contributed by atoms with Crippen LogP contribution in [0.4, 0.5) is 0 Å². The molecule has 0 unspecified atom stereocenters. The van der Waals surface area contributed by atoms with Crippen LogP contribution in [-0.2, 0) is 0 Å². The van der Waals surface area contributed by atoms with Gasteiger partial charge in [0.1, 0.15) is 6.07 Å². The van der Waals surface area contributed by atoms with Crippen LogP contribution in [0, 0.1) is 22.7 Å². The number of aromatic nitrogens is 3. The van der Waals surface area contributed by atoms with Crippen LogP contribution >= 0.6 is 0 Å². The van der Waals surface area contributed by atoms with Gasteiger partial charge in [0, 0.05) is 43.7 Å². The minimum atomic E-state index is 0.572. The third-order valence-corrected chi connectivity index (χ3v) is 9.88. The maximum atomic E-state index is 10.9. The third kappa shape index (κ3) is 3.62. The molecule has 7 aromatic carbocycles. The van der Waals surface area contributed by atoms with E-state index in [1.54, 1.807) is 0 Å². The van der Waals surface area contributed by atoms with Crippen LogP contribution in [0.3, 0.4) is 0 Å². The van der Waals surface area contributed by atoms with Crippen molar-refractivity contribution < 1.29 is 0 Å². The molecule has 0 amide bonds. The normalized spacial score (nSPS) is 11.6. The fourth-order valence-corrected chi connectivity index (χ4v) is 7.99. The molecule has 3 aromatic heterocycles. The van der Waals surface area contributed by atoms with Crippen molar-refractivity contribution in [2.24, 2.45) is 0 Å². The predicted molar refractivity (Wildman–Crippen MR) is 199 cm³/mol. The Kier molecular flexibility index (Phi) is 5.64. The van der Waals surface area contributed by atoms with E-state index in [9.17, 15) is 10.5 Å². The first kappa shape index (κ1) is 27.1. The number of nitrogens with zero attached hydrogens (tertiary/aromatic N) is 5. The van der Waals surface area contributed by atoms with E-state index in [2.05, 4.69) is 129 Å². The predicted octanol–water partition coefficient (Wildman–Crippen LogP) is 10.7. The minimum Gasteiger partial charge on any atom is -0.309 e. The van der Waals surface area contributed by atoms with Crippen molar-refractivity contribution in [3.63, 3.8) is 0 Å². The van der Waals surface area contributed by atoms with E-state index in [0.29, 0.717) is 11.1 Å². The van der Waals surface area contributed by atoms with E-state index in [-0.39, 0.29) is 0 Å². The first-order valence-electron chi connectivity index (χ1n) is 16.3. The van der Waals surface area contributed by atoms with Crippen molar-refractivity contribution in [3.8, 4) is 29.2 Å². The number of benzene rings is 7. The molecule has 0 saturated carbocycles. The van der Waals surface area contributed by atoms with Gasteiger partial charge in [-0.1, -0.05) is 91.0 Å². The van der Waals surface area contributed by atoms with Crippen molar-refractivity contribution in [1.29, 1.82) is 10.5 Å². The lowest BCUT2D eigenvalue weighted by atomic mass is 10.0. The van der Waals surface area contributed by atoms with Gasteiger partial charge < -0.3 is 13.7 Å². The van der Waals surface area contributed by atoms with Crippen molar-refractivity contribution in [1.82, 2.24) is 13.7 Å². The lowest BCUT2D eigenvalue weighted by Gasteiger charge is -2.12. The average Bonchev–Trinajstić information content (AvgIpc) is 3.80. The van der Waals surface area contributed by atoms with Gasteiger partial charge in [0.2, 0.25) is 0 Å². The summed E-state index contributed by atoms with van der Waals surface area (Å²) in [4.78, 5) is 0. The summed E-state index contributed by atoms with van der Waals surface area (Å²) in [6.07, 6.45) is 0. The largest absolute Gasteiger partial charge is 0.309 e. The van der Waals surface area contributed by atoms with Crippen LogP contribution in [0.15, 0.2) is 152 Å². The monoisotopic (exact) mass is 623 g/mol. The zero-order valence-electron chi connectivity index (χ0n) is 26.2. The molecule has 0 N–H and O–H groups in total. The number of nitriles is 2. The molecular weight excluding hydrogens is 599 g/mol. The van der Waals surface area contributed by atoms with Gasteiger partial charge in [0.15, 0.2) is 0 Å². The zero-order chi connectivity index (χ0) is 32.6. The molecule has 10 aromatic rings. The maximum absolute atomic E-state index is 10.9. The van der Waals surface area contributed by atoms with Gasteiger partial charge in [0.05, 0.1) is 56.0 Å². The smallest absolute Gasteiger partial charge is 0.101 e. The summed E-state index contributed by atoms with van der Waals surface area (Å²) < 4.78 is 6.85. The van der Waals surface area contributed by atoms with Gasteiger partial charge in [-0.25, -0.2) is 0 Å². The van der Waals surface area contributed by atoms with E-state index in [0.717, 1.165) is 82.5 Å². The molecule has 0 fully saturated rings. The molecule has 10 rings (SSSR count). The molecular formula is C44H25N5. The Morgan fingerprint density at radius 2 is 0.918 bits per heavy atom. The Balaban J connectivity index is 1.52. The van der Waals surface area contributed by atoms with Gasteiger partial charge in [-0.05, 0) is 60.7 Å². The standard InChI is InChI=1S/C44H25N5/c45-26-28-13-7-10-20-35(28)49-37-22-12-9-19-33(37)42-39(49)25-29(27-46)40-34-23-24-38-41(43(34)48(44(40)42)31-16-5-2-6-17-31)32-18-8-11-21-36(32)47(38)30-14-3-1-4-15-30/h1-25H. The van der Waals surface area contributed by atoms with Crippen LogP contribution in [0.2, 0.25) is 0 Å². The quantitative estimate of drug-likeness (QED) is 0.197. The van der Waals surface area contributed by atoms with Gasteiger partial charge in [-0.2, -0.15) is 10.5 Å². The summed E-state index contributed by atoms with van der Waals surface area (Å²) >= 11 is 0. The summed E-state index contributed by atoms with van der Waals surface area (Å²) in [5, 5.41) is 27.4. The molecule has 0 spiro atoms. The second-order valence-corrected chi connectivity index (χ2v) is 12.4. The number of para-hydroxylation sites is 5. The average molecular weight is 624 g/mol. The first-order chi connectivity index (χ1) is 24.3. The molecule has 0 atom stereocenters. The number of hydrogen-bond acceptors (Lipinski definition) is 2. The lowest BCUT2D eigenvalue weighted by Crippen LogP contribution is -1.98. The summed E-state index contributed by atoms with van der Waals surface area (Å²) in [7, 11) is 0. The molecule has 0 saturated heterocycles. The SMILES string of the molecule is N#Cc1ccccc1-n1c2ccccc2c2c1cc(C#N)c1c3ccc4c(c5ccccc5n4-c4ccccc4)c3n(-c3ccccc3)c12.